The second-order valence-electron chi connectivity index (χ2n) is 3.73. The number of rotatable bonds is 4. The van der Waals surface area contributed by atoms with Crippen LogP contribution in [0.3, 0.4) is 0 Å². The van der Waals surface area contributed by atoms with E-state index in [1.807, 2.05) is 6.07 Å². The molecule has 1 heterocycles. The summed E-state index contributed by atoms with van der Waals surface area (Å²) in [5.41, 5.74) is 1.01. The molecule has 0 radical (unpaired) electrons. The maximum absolute atomic E-state index is 11.8. The number of benzene rings is 1. The number of aromatic carboxylic acids is 1. The molecule has 0 saturated heterocycles. The minimum absolute atomic E-state index is 0.0713. The third-order valence-electron chi connectivity index (χ3n) is 2.40. The van der Waals surface area contributed by atoms with Gasteiger partial charge in [0.25, 0.3) is 0 Å². The first-order chi connectivity index (χ1) is 9.06. The third-order valence-corrected chi connectivity index (χ3v) is 4.04. The van der Waals surface area contributed by atoms with Crippen LogP contribution in [0.25, 0.3) is 6.08 Å². The lowest BCUT2D eigenvalue weighted by atomic mass is 10.1. The predicted molar refractivity (Wildman–Crippen MR) is 78.8 cm³/mol. The lowest BCUT2D eigenvalue weighted by molar-refractivity contribution is 0.0696. The van der Waals surface area contributed by atoms with E-state index in [1.165, 1.54) is 29.5 Å². The maximum Gasteiger partial charge on any atom is 0.335 e. The van der Waals surface area contributed by atoms with E-state index in [1.54, 1.807) is 24.3 Å². The van der Waals surface area contributed by atoms with E-state index in [0.29, 0.717) is 4.88 Å². The average molecular weight is 337 g/mol. The summed E-state index contributed by atoms with van der Waals surface area (Å²) in [5, 5.41) is 8.77. The van der Waals surface area contributed by atoms with Gasteiger partial charge in [0, 0.05) is 0 Å². The zero-order chi connectivity index (χ0) is 13.8. The van der Waals surface area contributed by atoms with E-state index in [0.717, 1.165) is 9.35 Å². The summed E-state index contributed by atoms with van der Waals surface area (Å²) in [6.07, 6.45) is 3.15. The van der Waals surface area contributed by atoms with Gasteiger partial charge in [-0.15, -0.1) is 11.3 Å². The molecule has 0 aliphatic heterocycles. The van der Waals surface area contributed by atoms with Crippen molar-refractivity contribution in [1.82, 2.24) is 0 Å². The summed E-state index contributed by atoms with van der Waals surface area (Å²) in [5.74, 6) is -1.03. The highest BCUT2D eigenvalue weighted by molar-refractivity contribution is 9.11. The van der Waals surface area contributed by atoms with Gasteiger partial charge >= 0.3 is 5.97 Å². The molecule has 0 aliphatic carbocycles. The number of carboxylic acid groups (broad SMARTS) is 1. The largest absolute Gasteiger partial charge is 0.478 e. The zero-order valence-corrected chi connectivity index (χ0v) is 12.1. The van der Waals surface area contributed by atoms with Gasteiger partial charge in [-0.05, 0) is 51.8 Å². The summed E-state index contributed by atoms with van der Waals surface area (Å²) in [6.45, 7) is 0. The van der Waals surface area contributed by atoms with E-state index in [-0.39, 0.29) is 11.3 Å². The van der Waals surface area contributed by atoms with Gasteiger partial charge in [-0.1, -0.05) is 18.2 Å². The molecule has 0 bridgehead atoms. The summed E-state index contributed by atoms with van der Waals surface area (Å²) >= 11 is 4.68. The average Bonchev–Trinajstić information content (AvgIpc) is 2.83. The Morgan fingerprint density at radius 1 is 1.11 bits per heavy atom. The van der Waals surface area contributed by atoms with E-state index in [2.05, 4.69) is 15.9 Å². The Kier molecular flexibility index (Phi) is 4.29. The molecule has 0 unspecified atom stereocenters. The van der Waals surface area contributed by atoms with Gasteiger partial charge < -0.3 is 5.11 Å². The van der Waals surface area contributed by atoms with Crippen molar-refractivity contribution < 1.29 is 14.7 Å². The Balaban J connectivity index is 2.10. The number of hydrogen-bond acceptors (Lipinski definition) is 3. The fourth-order valence-corrected chi connectivity index (χ4v) is 2.74. The van der Waals surface area contributed by atoms with Crippen LogP contribution in [-0.4, -0.2) is 16.9 Å². The van der Waals surface area contributed by atoms with Gasteiger partial charge in [-0.25, -0.2) is 4.79 Å². The van der Waals surface area contributed by atoms with Crippen LogP contribution in [0.1, 0.15) is 25.6 Å². The Bertz CT molecular complexity index is 641. The highest BCUT2D eigenvalue weighted by atomic mass is 79.9. The first kappa shape index (κ1) is 13.7. The lowest BCUT2D eigenvalue weighted by Gasteiger charge is -1.95. The number of halogens is 1. The lowest BCUT2D eigenvalue weighted by Crippen LogP contribution is -1.95. The molecule has 96 valence electrons. The number of carbonyl (C=O) groups is 2. The molecule has 0 spiro atoms. The second kappa shape index (κ2) is 5.95. The number of ketones is 1. The predicted octanol–water partition coefficient (Wildman–Crippen LogP) is 4.10. The normalized spacial score (nSPS) is 10.8. The number of carbonyl (C=O) groups excluding carboxylic acids is 1. The molecule has 0 aliphatic rings. The molecule has 0 saturated carbocycles. The molecule has 1 aromatic carbocycles. The minimum atomic E-state index is -0.963. The Labute approximate surface area is 122 Å². The SMILES string of the molecule is O=C(O)c1ccc(/C=C/C(=O)c2ccc(Br)s2)cc1. The van der Waals surface area contributed by atoms with Gasteiger partial charge in [0.15, 0.2) is 5.78 Å². The zero-order valence-electron chi connectivity index (χ0n) is 9.67. The molecule has 0 amide bonds. The number of thiophene rings is 1. The van der Waals surface area contributed by atoms with Crippen LogP contribution in [0.15, 0.2) is 46.3 Å². The van der Waals surface area contributed by atoms with E-state index in [4.69, 9.17) is 5.11 Å². The molecule has 0 atom stereocenters. The third kappa shape index (κ3) is 3.62. The molecule has 1 aromatic heterocycles. The van der Waals surface area contributed by atoms with Crippen molar-refractivity contribution in [2.24, 2.45) is 0 Å². The minimum Gasteiger partial charge on any atom is -0.478 e. The van der Waals surface area contributed by atoms with E-state index >= 15 is 0 Å². The number of carboxylic acids is 1. The van der Waals surface area contributed by atoms with Gasteiger partial charge in [0.2, 0.25) is 0 Å². The van der Waals surface area contributed by atoms with Crippen molar-refractivity contribution in [2.45, 2.75) is 0 Å². The fraction of sp³-hybridized carbons (Fsp3) is 0. The van der Waals surface area contributed by atoms with Gasteiger partial charge in [-0.3, -0.25) is 4.79 Å². The molecule has 19 heavy (non-hydrogen) atoms. The molecular formula is C14H9BrO3S. The molecule has 0 fully saturated rings. The maximum atomic E-state index is 11.8. The molecule has 1 N–H and O–H groups in total. The first-order valence-electron chi connectivity index (χ1n) is 5.37. The van der Waals surface area contributed by atoms with E-state index < -0.39 is 5.97 Å². The van der Waals surface area contributed by atoms with Crippen molar-refractivity contribution in [3.05, 3.63) is 62.3 Å². The first-order valence-corrected chi connectivity index (χ1v) is 6.98. The van der Waals surface area contributed by atoms with Crippen molar-refractivity contribution in [3.8, 4) is 0 Å². The monoisotopic (exact) mass is 336 g/mol. The van der Waals surface area contributed by atoms with Crippen molar-refractivity contribution in [1.29, 1.82) is 0 Å². The fourth-order valence-electron chi connectivity index (χ4n) is 1.44. The van der Waals surface area contributed by atoms with Crippen LogP contribution in [0.5, 0.6) is 0 Å². The highest BCUT2D eigenvalue weighted by Crippen LogP contribution is 2.22. The Morgan fingerprint density at radius 2 is 1.79 bits per heavy atom. The smallest absolute Gasteiger partial charge is 0.335 e. The Morgan fingerprint density at radius 3 is 2.32 bits per heavy atom. The van der Waals surface area contributed by atoms with Crippen LogP contribution < -0.4 is 0 Å². The second-order valence-corrected chi connectivity index (χ2v) is 6.19. The summed E-state index contributed by atoms with van der Waals surface area (Å²) < 4.78 is 0.912. The Hall–Kier alpha value is -1.72. The van der Waals surface area contributed by atoms with Crippen LogP contribution in [0.2, 0.25) is 0 Å². The van der Waals surface area contributed by atoms with Crippen LogP contribution in [0.4, 0.5) is 0 Å². The molecular weight excluding hydrogens is 328 g/mol. The van der Waals surface area contributed by atoms with Crippen molar-refractivity contribution in [2.75, 3.05) is 0 Å². The van der Waals surface area contributed by atoms with Crippen molar-refractivity contribution >= 4 is 45.1 Å². The summed E-state index contributed by atoms with van der Waals surface area (Å²) in [6, 6.07) is 9.93. The van der Waals surface area contributed by atoms with Gasteiger partial charge in [-0.2, -0.15) is 0 Å². The quantitative estimate of drug-likeness (QED) is 0.675. The van der Waals surface area contributed by atoms with E-state index in [9.17, 15) is 9.59 Å². The van der Waals surface area contributed by atoms with Crippen molar-refractivity contribution in [3.63, 3.8) is 0 Å². The van der Waals surface area contributed by atoms with Crippen LogP contribution >= 0.6 is 27.3 Å². The van der Waals surface area contributed by atoms with Gasteiger partial charge in [0.05, 0.1) is 14.2 Å². The molecule has 5 heteroatoms. The number of allylic oxidation sites excluding steroid dienone is 1. The molecule has 2 aromatic rings. The van der Waals surface area contributed by atoms with Crippen LogP contribution in [-0.2, 0) is 0 Å². The van der Waals surface area contributed by atoms with Gasteiger partial charge in [0.1, 0.15) is 0 Å². The summed E-state index contributed by atoms with van der Waals surface area (Å²) in [7, 11) is 0. The summed E-state index contributed by atoms with van der Waals surface area (Å²) in [4.78, 5) is 23.2. The standard InChI is InChI=1S/C14H9BrO3S/c15-13-8-7-12(19-13)11(16)6-3-9-1-4-10(5-2-9)14(17)18/h1-8H,(H,17,18)/b6-3+. The molecule has 3 nitrogen and oxygen atoms in total. The molecule has 2 rings (SSSR count). The highest BCUT2D eigenvalue weighted by Gasteiger charge is 2.05. The van der Waals surface area contributed by atoms with Crippen LogP contribution in [0, 0.1) is 0 Å². The number of hydrogen-bond donors (Lipinski definition) is 1. The topological polar surface area (TPSA) is 54.4 Å².